The van der Waals surface area contributed by atoms with Gasteiger partial charge in [-0.15, -0.1) is 0 Å². The predicted molar refractivity (Wildman–Crippen MR) is 85.7 cm³/mol. The monoisotopic (exact) mass is 292 g/mol. The van der Waals surface area contributed by atoms with Crippen LogP contribution < -0.4 is 11.1 Å². The second kappa shape index (κ2) is 6.68. The van der Waals surface area contributed by atoms with Gasteiger partial charge in [0.05, 0.1) is 0 Å². The molecule has 0 aromatic heterocycles. The van der Waals surface area contributed by atoms with Gasteiger partial charge in [-0.05, 0) is 62.2 Å². The molecule has 3 fully saturated rings. The van der Waals surface area contributed by atoms with Crippen LogP contribution in [0.25, 0.3) is 0 Å². The minimum atomic E-state index is 0.239. The maximum atomic E-state index is 12.5. The standard InChI is InChI=1S/C18H32N2O/c1-12-5-7-13(8-6-12)11-20-18(21)16-9-14-3-2-4-15(10-16)17(14)19/h12-17H,2-11,19H2,1H3,(H,20,21). The lowest BCUT2D eigenvalue weighted by atomic mass is 9.65. The van der Waals surface area contributed by atoms with Crippen LogP contribution in [0.1, 0.15) is 64.7 Å². The van der Waals surface area contributed by atoms with Crippen LogP contribution in [0.3, 0.4) is 0 Å². The first-order chi connectivity index (χ1) is 10.1. The van der Waals surface area contributed by atoms with Crippen molar-refractivity contribution in [1.29, 1.82) is 0 Å². The molecule has 0 saturated heterocycles. The van der Waals surface area contributed by atoms with Crippen LogP contribution in [0.2, 0.25) is 0 Å². The Morgan fingerprint density at radius 2 is 1.67 bits per heavy atom. The summed E-state index contributed by atoms with van der Waals surface area (Å²) in [5.41, 5.74) is 6.32. The zero-order valence-corrected chi connectivity index (χ0v) is 13.5. The Labute approximate surface area is 129 Å². The van der Waals surface area contributed by atoms with Gasteiger partial charge in [-0.25, -0.2) is 0 Å². The van der Waals surface area contributed by atoms with Gasteiger partial charge < -0.3 is 11.1 Å². The first kappa shape index (κ1) is 15.3. The Bertz CT molecular complexity index is 348. The molecule has 2 bridgehead atoms. The normalized spacial score (nSPS) is 43.3. The number of carbonyl (C=O) groups excluding carboxylic acids is 1. The predicted octanol–water partition coefficient (Wildman–Crippen LogP) is 3.08. The second-order valence-electron chi connectivity index (χ2n) is 8.07. The zero-order valence-electron chi connectivity index (χ0n) is 13.5. The molecule has 3 rings (SSSR count). The third-order valence-electron chi connectivity index (χ3n) is 6.48. The van der Waals surface area contributed by atoms with E-state index in [9.17, 15) is 4.79 Å². The average molecular weight is 292 g/mol. The summed E-state index contributed by atoms with van der Waals surface area (Å²) in [7, 11) is 0. The van der Waals surface area contributed by atoms with Gasteiger partial charge in [-0.3, -0.25) is 4.79 Å². The molecule has 3 aliphatic carbocycles. The Morgan fingerprint density at radius 3 is 2.29 bits per heavy atom. The summed E-state index contributed by atoms with van der Waals surface area (Å²) in [6.07, 6.45) is 11.1. The molecule has 2 atom stereocenters. The molecule has 0 aliphatic heterocycles. The van der Waals surface area contributed by atoms with Crippen LogP contribution in [0.15, 0.2) is 0 Å². The first-order valence-corrected chi connectivity index (χ1v) is 9.16. The minimum Gasteiger partial charge on any atom is -0.356 e. The Morgan fingerprint density at radius 1 is 1.05 bits per heavy atom. The molecule has 3 nitrogen and oxygen atoms in total. The maximum absolute atomic E-state index is 12.5. The highest BCUT2D eigenvalue weighted by atomic mass is 16.1. The minimum absolute atomic E-state index is 0.239. The maximum Gasteiger partial charge on any atom is 0.223 e. The van der Waals surface area contributed by atoms with Crippen LogP contribution in [0, 0.1) is 29.6 Å². The molecule has 3 aliphatic rings. The molecule has 21 heavy (non-hydrogen) atoms. The SMILES string of the molecule is CC1CCC(CNC(=O)C2CC3CCCC(C2)C3N)CC1. The molecule has 0 radical (unpaired) electrons. The molecule has 0 aromatic carbocycles. The quantitative estimate of drug-likeness (QED) is 0.840. The molecular formula is C18H32N2O. The van der Waals surface area contributed by atoms with E-state index in [1.165, 1.54) is 44.9 Å². The van der Waals surface area contributed by atoms with Crippen LogP contribution >= 0.6 is 0 Å². The van der Waals surface area contributed by atoms with Crippen molar-refractivity contribution in [2.45, 2.75) is 70.8 Å². The number of hydrogen-bond donors (Lipinski definition) is 2. The van der Waals surface area contributed by atoms with Gasteiger partial charge in [0, 0.05) is 18.5 Å². The number of fused-ring (bicyclic) bond motifs is 2. The van der Waals surface area contributed by atoms with E-state index in [0.29, 0.717) is 23.8 Å². The van der Waals surface area contributed by atoms with Crippen molar-refractivity contribution in [1.82, 2.24) is 5.32 Å². The van der Waals surface area contributed by atoms with Crippen molar-refractivity contribution < 1.29 is 4.79 Å². The number of nitrogens with two attached hydrogens (primary N) is 1. The van der Waals surface area contributed by atoms with Crippen molar-refractivity contribution in [3.8, 4) is 0 Å². The molecular weight excluding hydrogens is 260 g/mol. The van der Waals surface area contributed by atoms with Crippen LogP contribution in [-0.4, -0.2) is 18.5 Å². The summed E-state index contributed by atoms with van der Waals surface area (Å²) in [4.78, 5) is 12.5. The van der Waals surface area contributed by atoms with Crippen molar-refractivity contribution >= 4 is 5.91 Å². The van der Waals surface area contributed by atoms with Crippen molar-refractivity contribution in [2.24, 2.45) is 35.3 Å². The first-order valence-electron chi connectivity index (χ1n) is 9.16. The summed E-state index contributed by atoms with van der Waals surface area (Å²) in [5.74, 6) is 3.36. The number of amides is 1. The fourth-order valence-electron chi connectivity index (χ4n) is 4.93. The van der Waals surface area contributed by atoms with Gasteiger partial charge in [-0.2, -0.15) is 0 Å². The van der Waals surface area contributed by atoms with E-state index in [1.807, 2.05) is 0 Å². The molecule has 0 spiro atoms. The molecule has 120 valence electrons. The van der Waals surface area contributed by atoms with Crippen molar-refractivity contribution in [3.63, 3.8) is 0 Å². The highest BCUT2D eigenvalue weighted by molar-refractivity contribution is 5.78. The molecule has 2 unspecified atom stereocenters. The lowest BCUT2D eigenvalue weighted by molar-refractivity contribution is -0.128. The van der Waals surface area contributed by atoms with Crippen molar-refractivity contribution in [3.05, 3.63) is 0 Å². The van der Waals surface area contributed by atoms with E-state index in [1.54, 1.807) is 0 Å². The Hall–Kier alpha value is -0.570. The summed E-state index contributed by atoms with van der Waals surface area (Å²) in [5, 5.41) is 3.26. The Balaban J connectivity index is 1.45. The number of carbonyl (C=O) groups is 1. The number of nitrogens with one attached hydrogen (secondary N) is 1. The smallest absolute Gasteiger partial charge is 0.223 e. The average Bonchev–Trinajstić information content (AvgIpc) is 2.46. The second-order valence-corrected chi connectivity index (χ2v) is 8.07. The van der Waals surface area contributed by atoms with E-state index < -0.39 is 0 Å². The van der Waals surface area contributed by atoms with E-state index in [2.05, 4.69) is 12.2 Å². The third-order valence-corrected chi connectivity index (χ3v) is 6.48. The number of hydrogen-bond acceptors (Lipinski definition) is 2. The zero-order chi connectivity index (χ0) is 14.8. The topological polar surface area (TPSA) is 55.1 Å². The molecule has 0 aromatic rings. The fourth-order valence-corrected chi connectivity index (χ4v) is 4.93. The largest absolute Gasteiger partial charge is 0.356 e. The summed E-state index contributed by atoms with van der Waals surface area (Å²) < 4.78 is 0. The number of rotatable bonds is 3. The van der Waals surface area contributed by atoms with Crippen LogP contribution in [0.4, 0.5) is 0 Å². The van der Waals surface area contributed by atoms with Crippen LogP contribution in [0.5, 0.6) is 0 Å². The molecule has 3 N–H and O–H groups in total. The van der Waals surface area contributed by atoms with Gasteiger partial charge >= 0.3 is 0 Å². The van der Waals surface area contributed by atoms with Crippen LogP contribution in [-0.2, 0) is 4.79 Å². The van der Waals surface area contributed by atoms with Gasteiger partial charge in [0.1, 0.15) is 0 Å². The van der Waals surface area contributed by atoms with Gasteiger partial charge in [0.25, 0.3) is 0 Å². The molecule has 1 amide bonds. The molecule has 3 saturated carbocycles. The van der Waals surface area contributed by atoms with Crippen molar-refractivity contribution in [2.75, 3.05) is 6.54 Å². The lowest BCUT2D eigenvalue weighted by Gasteiger charge is -2.43. The third kappa shape index (κ3) is 3.61. The summed E-state index contributed by atoms with van der Waals surface area (Å²) in [6.45, 7) is 3.25. The van der Waals surface area contributed by atoms with Gasteiger partial charge in [-0.1, -0.05) is 26.2 Å². The summed E-state index contributed by atoms with van der Waals surface area (Å²) in [6, 6.07) is 0.364. The summed E-state index contributed by atoms with van der Waals surface area (Å²) >= 11 is 0. The van der Waals surface area contributed by atoms with Gasteiger partial charge in [0.15, 0.2) is 0 Å². The molecule has 0 heterocycles. The van der Waals surface area contributed by atoms with E-state index >= 15 is 0 Å². The highest BCUT2D eigenvalue weighted by Gasteiger charge is 2.40. The fraction of sp³-hybridized carbons (Fsp3) is 0.944. The van der Waals surface area contributed by atoms with E-state index in [-0.39, 0.29) is 5.92 Å². The lowest BCUT2D eigenvalue weighted by Crippen LogP contribution is -2.49. The van der Waals surface area contributed by atoms with E-state index in [4.69, 9.17) is 5.73 Å². The van der Waals surface area contributed by atoms with Gasteiger partial charge in [0.2, 0.25) is 5.91 Å². The highest BCUT2D eigenvalue weighted by Crippen LogP contribution is 2.41. The van der Waals surface area contributed by atoms with E-state index in [0.717, 1.165) is 31.2 Å². The Kier molecular flexibility index (Phi) is 4.88. The molecule has 3 heteroatoms.